The molecular formula is C25H20ClFN4O3. The molecule has 5 rings (SSSR count). The molecule has 0 saturated carbocycles. The highest BCUT2D eigenvalue weighted by Crippen LogP contribution is 2.33. The zero-order chi connectivity index (χ0) is 24.0. The Morgan fingerprint density at radius 3 is 2.79 bits per heavy atom. The third-order valence-electron chi connectivity index (χ3n) is 5.91. The van der Waals surface area contributed by atoms with E-state index in [1.807, 2.05) is 19.1 Å². The third kappa shape index (κ3) is 4.02. The quantitative estimate of drug-likeness (QED) is 0.412. The largest absolute Gasteiger partial charge is 0.390 e. The van der Waals surface area contributed by atoms with Crippen LogP contribution >= 0.6 is 11.6 Å². The number of aliphatic hydroxyl groups is 1. The van der Waals surface area contributed by atoms with Crippen LogP contribution in [0, 0.1) is 12.7 Å². The number of hydrogen-bond donors (Lipinski definition) is 3. The molecule has 0 aliphatic heterocycles. The zero-order valence-corrected chi connectivity index (χ0v) is 18.8. The Morgan fingerprint density at radius 2 is 1.97 bits per heavy atom. The third-order valence-corrected chi connectivity index (χ3v) is 6.14. The predicted octanol–water partition coefficient (Wildman–Crippen LogP) is 4.08. The smallest absolute Gasteiger partial charge is 0.274 e. The van der Waals surface area contributed by atoms with Crippen LogP contribution < -0.4 is 10.6 Å². The fourth-order valence-corrected chi connectivity index (χ4v) is 4.37. The normalized spacial score (nSPS) is 16.9. The maximum Gasteiger partial charge on any atom is 0.274 e. The van der Waals surface area contributed by atoms with Crippen molar-refractivity contribution in [2.75, 3.05) is 5.32 Å². The van der Waals surface area contributed by atoms with Gasteiger partial charge in [-0.3, -0.25) is 14.0 Å². The number of benzene rings is 2. The average molecular weight is 479 g/mol. The number of nitrogens with zero attached hydrogens (tertiary/aromatic N) is 2. The summed E-state index contributed by atoms with van der Waals surface area (Å²) in [5.41, 5.74) is 3.38. The van der Waals surface area contributed by atoms with Gasteiger partial charge in [0.25, 0.3) is 11.8 Å². The molecule has 2 aromatic heterocycles. The molecule has 2 atom stereocenters. The first-order chi connectivity index (χ1) is 16.3. The van der Waals surface area contributed by atoms with E-state index in [0.717, 1.165) is 22.8 Å². The van der Waals surface area contributed by atoms with Gasteiger partial charge in [-0.05, 0) is 60.0 Å². The van der Waals surface area contributed by atoms with Gasteiger partial charge in [-0.25, -0.2) is 9.37 Å². The molecule has 3 N–H and O–H groups in total. The summed E-state index contributed by atoms with van der Waals surface area (Å²) < 4.78 is 16.1. The second kappa shape index (κ2) is 8.55. The van der Waals surface area contributed by atoms with Crippen LogP contribution in [0.4, 0.5) is 10.1 Å². The molecule has 0 fully saturated rings. The standard InChI is InChI=1S/C25H20ClFN4O3/c1-13-2-7-22-28-11-20(31(22)12-13)25(34)29-19-8-15(4-6-18(19)27)24(33)30-23-17-10-16(26)5-3-14(17)9-21(23)32/h2-8,10-12,21,23,32H,9H2,1H3,(H,29,34)(H,30,33)/t21-,23+/m0/s1. The van der Waals surface area contributed by atoms with E-state index in [1.54, 1.807) is 28.8 Å². The average Bonchev–Trinajstić information content (AvgIpc) is 3.35. The summed E-state index contributed by atoms with van der Waals surface area (Å²) in [4.78, 5) is 30.0. The molecule has 1 aliphatic rings. The van der Waals surface area contributed by atoms with Gasteiger partial charge in [-0.15, -0.1) is 0 Å². The fourth-order valence-electron chi connectivity index (χ4n) is 4.19. The molecule has 9 heteroatoms. The van der Waals surface area contributed by atoms with Gasteiger partial charge < -0.3 is 15.7 Å². The van der Waals surface area contributed by atoms with Crippen molar-refractivity contribution in [2.45, 2.75) is 25.5 Å². The number of rotatable bonds is 4. The molecule has 0 radical (unpaired) electrons. The lowest BCUT2D eigenvalue weighted by atomic mass is 10.1. The van der Waals surface area contributed by atoms with Crippen LogP contribution in [0.1, 0.15) is 43.6 Å². The van der Waals surface area contributed by atoms with Crippen molar-refractivity contribution in [1.82, 2.24) is 14.7 Å². The number of aliphatic hydroxyl groups excluding tert-OH is 1. The number of halogens is 2. The summed E-state index contributed by atoms with van der Waals surface area (Å²) in [7, 11) is 0. The van der Waals surface area contributed by atoms with Crippen LogP contribution in [0.2, 0.25) is 5.02 Å². The maximum absolute atomic E-state index is 14.5. The van der Waals surface area contributed by atoms with Crippen LogP contribution in [0.15, 0.2) is 60.9 Å². The first kappa shape index (κ1) is 22.1. The van der Waals surface area contributed by atoms with E-state index >= 15 is 0 Å². The van der Waals surface area contributed by atoms with Gasteiger partial charge in [0.05, 0.1) is 24.0 Å². The van der Waals surface area contributed by atoms with Gasteiger partial charge in [-0.2, -0.15) is 0 Å². The lowest BCUT2D eigenvalue weighted by Crippen LogP contribution is -2.34. The molecule has 0 unspecified atom stereocenters. The summed E-state index contributed by atoms with van der Waals surface area (Å²) in [5, 5.41) is 16.3. The highest BCUT2D eigenvalue weighted by molar-refractivity contribution is 6.30. The number of imidazole rings is 1. The summed E-state index contributed by atoms with van der Waals surface area (Å²) >= 11 is 6.08. The lowest BCUT2D eigenvalue weighted by molar-refractivity contribution is 0.0857. The van der Waals surface area contributed by atoms with E-state index in [2.05, 4.69) is 15.6 Å². The molecule has 0 saturated heterocycles. The topological polar surface area (TPSA) is 95.7 Å². The molecular weight excluding hydrogens is 459 g/mol. The van der Waals surface area contributed by atoms with Gasteiger partial charge in [0, 0.05) is 23.2 Å². The van der Waals surface area contributed by atoms with Crippen molar-refractivity contribution in [3.8, 4) is 0 Å². The minimum Gasteiger partial charge on any atom is -0.390 e. The molecule has 172 valence electrons. The molecule has 1 aliphatic carbocycles. The van der Waals surface area contributed by atoms with E-state index < -0.39 is 29.8 Å². The molecule has 4 aromatic rings. The minimum atomic E-state index is -0.810. The van der Waals surface area contributed by atoms with E-state index in [9.17, 15) is 19.1 Å². The second-order valence-electron chi connectivity index (χ2n) is 8.29. The van der Waals surface area contributed by atoms with E-state index in [1.165, 1.54) is 18.3 Å². The summed E-state index contributed by atoms with van der Waals surface area (Å²) in [6.45, 7) is 1.89. The van der Waals surface area contributed by atoms with Crippen molar-refractivity contribution in [2.24, 2.45) is 0 Å². The van der Waals surface area contributed by atoms with Crippen molar-refractivity contribution >= 4 is 34.7 Å². The molecule has 2 aromatic carbocycles. The molecule has 0 spiro atoms. The first-order valence-electron chi connectivity index (χ1n) is 10.6. The highest BCUT2D eigenvalue weighted by atomic mass is 35.5. The first-order valence-corrected chi connectivity index (χ1v) is 11.0. The Hall–Kier alpha value is -3.75. The molecule has 34 heavy (non-hydrogen) atoms. The zero-order valence-electron chi connectivity index (χ0n) is 18.0. The van der Waals surface area contributed by atoms with Crippen LogP contribution in [-0.2, 0) is 6.42 Å². The fraction of sp³-hybridized carbons (Fsp3) is 0.160. The Bertz CT molecular complexity index is 1450. The van der Waals surface area contributed by atoms with Gasteiger partial charge in [0.2, 0.25) is 0 Å². The minimum absolute atomic E-state index is 0.133. The number of carbonyl (C=O) groups is 2. The number of aromatic nitrogens is 2. The number of aryl methyl sites for hydroxylation is 1. The van der Waals surface area contributed by atoms with E-state index in [-0.39, 0.29) is 16.9 Å². The molecule has 2 amide bonds. The van der Waals surface area contributed by atoms with E-state index in [4.69, 9.17) is 11.6 Å². The predicted molar refractivity (Wildman–Crippen MR) is 126 cm³/mol. The van der Waals surface area contributed by atoms with Crippen LogP contribution in [0.3, 0.4) is 0 Å². The van der Waals surface area contributed by atoms with Gasteiger partial charge in [0.15, 0.2) is 0 Å². The highest BCUT2D eigenvalue weighted by Gasteiger charge is 2.32. The SMILES string of the molecule is Cc1ccc2ncc(C(=O)Nc3cc(C(=O)N[C@@H]4c5cc(Cl)ccc5C[C@@H]4O)ccc3F)n2c1. The van der Waals surface area contributed by atoms with Crippen LogP contribution in [-0.4, -0.2) is 32.4 Å². The molecule has 2 heterocycles. The van der Waals surface area contributed by atoms with Crippen LogP contribution in [0.25, 0.3) is 5.65 Å². The summed E-state index contributed by atoms with van der Waals surface area (Å²) in [6.07, 6.45) is 2.74. The monoisotopic (exact) mass is 478 g/mol. The Kier molecular flexibility index (Phi) is 5.55. The number of hydrogen-bond acceptors (Lipinski definition) is 4. The van der Waals surface area contributed by atoms with Gasteiger partial charge >= 0.3 is 0 Å². The number of anilines is 1. The Balaban J connectivity index is 1.38. The number of nitrogens with one attached hydrogen (secondary N) is 2. The number of amides is 2. The maximum atomic E-state index is 14.5. The number of pyridine rings is 1. The van der Waals surface area contributed by atoms with Crippen molar-refractivity contribution in [3.05, 3.63) is 99.7 Å². The van der Waals surface area contributed by atoms with Crippen molar-refractivity contribution in [3.63, 3.8) is 0 Å². The van der Waals surface area contributed by atoms with Crippen molar-refractivity contribution < 1.29 is 19.1 Å². The number of fused-ring (bicyclic) bond motifs is 2. The van der Waals surface area contributed by atoms with E-state index in [0.29, 0.717) is 17.1 Å². The summed E-state index contributed by atoms with van der Waals surface area (Å²) in [5.74, 6) is -1.77. The van der Waals surface area contributed by atoms with Gasteiger partial charge in [-0.1, -0.05) is 23.7 Å². The van der Waals surface area contributed by atoms with Gasteiger partial charge in [0.1, 0.15) is 17.2 Å². The van der Waals surface area contributed by atoms with Crippen molar-refractivity contribution in [1.29, 1.82) is 0 Å². The molecule has 0 bridgehead atoms. The molecule has 7 nitrogen and oxygen atoms in total. The summed E-state index contributed by atoms with van der Waals surface area (Å²) in [6, 6.07) is 12.0. The number of carbonyl (C=O) groups excluding carboxylic acids is 2. The second-order valence-corrected chi connectivity index (χ2v) is 8.73. The lowest BCUT2D eigenvalue weighted by Gasteiger charge is -2.18. The Labute approximate surface area is 199 Å². The Morgan fingerprint density at radius 1 is 1.15 bits per heavy atom. The van der Waals surface area contributed by atoms with Crippen LogP contribution in [0.5, 0.6) is 0 Å².